The van der Waals surface area contributed by atoms with E-state index in [-0.39, 0.29) is 11.7 Å². The molecule has 0 aliphatic carbocycles. The molecule has 0 unspecified atom stereocenters. The van der Waals surface area contributed by atoms with Gasteiger partial charge in [-0.05, 0) is 19.1 Å². The monoisotopic (exact) mass is 379 g/mol. The molecule has 1 aromatic carbocycles. The SMILES string of the molecule is CCn1c(SCC(=O)Nc2nccs2)nnc1-c1ccccc1Cl. The molecule has 3 aromatic rings. The fourth-order valence-corrected chi connectivity index (χ4v) is 3.66. The first-order valence-electron chi connectivity index (χ1n) is 7.19. The van der Waals surface area contributed by atoms with Gasteiger partial charge in [0.05, 0.1) is 10.8 Å². The van der Waals surface area contributed by atoms with E-state index in [4.69, 9.17) is 11.6 Å². The van der Waals surface area contributed by atoms with Crippen LogP contribution in [0.2, 0.25) is 5.02 Å². The van der Waals surface area contributed by atoms with Crippen LogP contribution in [0.1, 0.15) is 6.92 Å². The van der Waals surface area contributed by atoms with Crippen LogP contribution in [0.25, 0.3) is 11.4 Å². The highest BCUT2D eigenvalue weighted by atomic mass is 35.5. The zero-order valence-electron chi connectivity index (χ0n) is 12.8. The highest BCUT2D eigenvalue weighted by molar-refractivity contribution is 7.99. The number of benzene rings is 1. The zero-order valence-corrected chi connectivity index (χ0v) is 15.2. The van der Waals surface area contributed by atoms with Crippen LogP contribution in [0.15, 0.2) is 41.0 Å². The predicted octanol–water partition coefficient (Wildman–Crippen LogP) is 3.81. The van der Waals surface area contributed by atoms with E-state index in [9.17, 15) is 4.79 Å². The summed E-state index contributed by atoms with van der Waals surface area (Å²) in [7, 11) is 0. The van der Waals surface area contributed by atoms with E-state index in [1.54, 1.807) is 6.20 Å². The fourth-order valence-electron chi connectivity index (χ4n) is 2.09. The van der Waals surface area contributed by atoms with Crippen LogP contribution in [0.3, 0.4) is 0 Å². The Kier molecular flexibility index (Phi) is 5.49. The van der Waals surface area contributed by atoms with Gasteiger partial charge in [-0.3, -0.25) is 4.79 Å². The summed E-state index contributed by atoms with van der Waals surface area (Å²) in [5, 5.41) is 14.9. The first-order chi connectivity index (χ1) is 11.7. The fraction of sp³-hybridized carbons (Fsp3) is 0.200. The van der Waals surface area contributed by atoms with Crippen LogP contribution < -0.4 is 5.32 Å². The van der Waals surface area contributed by atoms with E-state index in [0.29, 0.717) is 27.7 Å². The number of hydrogen-bond donors (Lipinski definition) is 1. The average Bonchev–Trinajstić information content (AvgIpc) is 3.22. The molecule has 0 radical (unpaired) electrons. The van der Waals surface area contributed by atoms with Crippen molar-refractivity contribution in [2.75, 3.05) is 11.1 Å². The summed E-state index contributed by atoms with van der Waals surface area (Å²) in [5.41, 5.74) is 0.826. The van der Waals surface area contributed by atoms with E-state index in [1.165, 1.54) is 23.1 Å². The number of aromatic nitrogens is 4. The minimum Gasteiger partial charge on any atom is -0.302 e. The van der Waals surface area contributed by atoms with E-state index in [0.717, 1.165) is 5.56 Å². The molecule has 0 aliphatic rings. The van der Waals surface area contributed by atoms with Gasteiger partial charge in [0.2, 0.25) is 5.91 Å². The molecule has 2 heterocycles. The lowest BCUT2D eigenvalue weighted by Gasteiger charge is -2.08. The number of anilines is 1. The Morgan fingerprint density at radius 1 is 1.38 bits per heavy atom. The maximum absolute atomic E-state index is 12.0. The van der Waals surface area contributed by atoms with Crippen molar-refractivity contribution < 1.29 is 4.79 Å². The molecule has 0 aliphatic heterocycles. The van der Waals surface area contributed by atoms with E-state index >= 15 is 0 Å². The van der Waals surface area contributed by atoms with Crippen molar-refractivity contribution in [1.82, 2.24) is 19.7 Å². The molecular weight excluding hydrogens is 366 g/mol. The van der Waals surface area contributed by atoms with Crippen molar-refractivity contribution in [3.05, 3.63) is 40.9 Å². The molecule has 1 N–H and O–H groups in total. The van der Waals surface area contributed by atoms with Gasteiger partial charge in [0.25, 0.3) is 0 Å². The van der Waals surface area contributed by atoms with Crippen molar-refractivity contribution >= 4 is 45.7 Å². The Labute approximate surface area is 152 Å². The van der Waals surface area contributed by atoms with E-state index in [1.807, 2.05) is 41.1 Å². The number of thiazole rings is 1. The van der Waals surface area contributed by atoms with Crippen molar-refractivity contribution in [2.45, 2.75) is 18.6 Å². The van der Waals surface area contributed by atoms with Crippen LogP contribution in [-0.2, 0) is 11.3 Å². The van der Waals surface area contributed by atoms with Gasteiger partial charge < -0.3 is 9.88 Å². The molecule has 0 fully saturated rings. The summed E-state index contributed by atoms with van der Waals surface area (Å²) in [5.74, 6) is 0.811. The van der Waals surface area contributed by atoms with Gasteiger partial charge in [-0.25, -0.2) is 4.98 Å². The lowest BCUT2D eigenvalue weighted by atomic mass is 10.2. The number of nitrogens with zero attached hydrogens (tertiary/aromatic N) is 4. The molecule has 0 saturated carbocycles. The van der Waals surface area contributed by atoms with Gasteiger partial charge in [-0.15, -0.1) is 21.5 Å². The standard InChI is InChI=1S/C15H14ClN5OS2/c1-2-21-13(10-5-3-4-6-11(10)16)19-20-15(21)24-9-12(22)18-14-17-7-8-23-14/h3-8H,2,9H2,1H3,(H,17,18,22). The maximum atomic E-state index is 12.0. The number of carbonyl (C=O) groups is 1. The molecule has 0 spiro atoms. The van der Waals surface area contributed by atoms with Crippen LogP contribution in [0.5, 0.6) is 0 Å². The number of hydrogen-bond acceptors (Lipinski definition) is 6. The lowest BCUT2D eigenvalue weighted by Crippen LogP contribution is -2.14. The lowest BCUT2D eigenvalue weighted by molar-refractivity contribution is -0.113. The third-order valence-electron chi connectivity index (χ3n) is 3.16. The van der Waals surface area contributed by atoms with Crippen molar-refractivity contribution in [3.8, 4) is 11.4 Å². The van der Waals surface area contributed by atoms with Gasteiger partial charge in [0.1, 0.15) is 0 Å². The first kappa shape index (κ1) is 16.9. The molecule has 0 bridgehead atoms. The number of rotatable bonds is 6. The molecule has 3 rings (SSSR count). The Hall–Kier alpha value is -1.90. The topological polar surface area (TPSA) is 72.7 Å². The highest BCUT2D eigenvalue weighted by Crippen LogP contribution is 2.29. The number of halogens is 1. The van der Waals surface area contributed by atoms with Gasteiger partial charge >= 0.3 is 0 Å². The smallest absolute Gasteiger partial charge is 0.236 e. The normalized spacial score (nSPS) is 10.8. The Morgan fingerprint density at radius 2 is 2.21 bits per heavy atom. The third-order valence-corrected chi connectivity index (χ3v) is 5.14. The van der Waals surface area contributed by atoms with Crippen LogP contribution in [0, 0.1) is 0 Å². The van der Waals surface area contributed by atoms with Crippen LogP contribution >= 0.6 is 34.7 Å². The first-order valence-corrected chi connectivity index (χ1v) is 9.43. The predicted molar refractivity (Wildman–Crippen MR) is 97.6 cm³/mol. The van der Waals surface area contributed by atoms with E-state index in [2.05, 4.69) is 20.5 Å². The van der Waals surface area contributed by atoms with Crippen LogP contribution in [0.4, 0.5) is 5.13 Å². The molecule has 1 amide bonds. The van der Waals surface area contributed by atoms with Gasteiger partial charge in [-0.1, -0.05) is 35.5 Å². The van der Waals surface area contributed by atoms with Gasteiger partial charge in [-0.2, -0.15) is 0 Å². The second-order valence-corrected chi connectivity index (χ2v) is 6.95. The number of amides is 1. The van der Waals surface area contributed by atoms with Crippen molar-refractivity contribution in [3.63, 3.8) is 0 Å². The Morgan fingerprint density at radius 3 is 2.92 bits per heavy atom. The summed E-state index contributed by atoms with van der Waals surface area (Å²) in [4.78, 5) is 16.0. The summed E-state index contributed by atoms with van der Waals surface area (Å²) in [6.45, 7) is 2.69. The Bertz CT molecular complexity index is 834. The number of nitrogens with one attached hydrogen (secondary N) is 1. The quantitative estimate of drug-likeness (QED) is 0.659. The molecule has 0 atom stereocenters. The summed E-state index contributed by atoms with van der Waals surface area (Å²) in [6.07, 6.45) is 1.65. The molecule has 124 valence electrons. The summed E-state index contributed by atoms with van der Waals surface area (Å²) < 4.78 is 1.95. The van der Waals surface area contributed by atoms with Gasteiger partial charge in [0, 0.05) is 23.7 Å². The molecular formula is C15H14ClN5OS2. The third kappa shape index (κ3) is 3.77. The molecule has 9 heteroatoms. The molecule has 6 nitrogen and oxygen atoms in total. The number of carbonyl (C=O) groups excluding carboxylic acids is 1. The molecule has 24 heavy (non-hydrogen) atoms. The van der Waals surface area contributed by atoms with Crippen molar-refractivity contribution in [1.29, 1.82) is 0 Å². The second kappa shape index (κ2) is 7.78. The minimum absolute atomic E-state index is 0.125. The number of thioether (sulfide) groups is 1. The highest BCUT2D eigenvalue weighted by Gasteiger charge is 2.16. The zero-order chi connectivity index (χ0) is 16.9. The second-order valence-electron chi connectivity index (χ2n) is 4.70. The molecule has 0 saturated heterocycles. The Balaban J connectivity index is 1.73. The summed E-state index contributed by atoms with van der Waals surface area (Å²) >= 11 is 8.96. The van der Waals surface area contributed by atoms with Crippen LogP contribution in [-0.4, -0.2) is 31.4 Å². The average molecular weight is 380 g/mol. The van der Waals surface area contributed by atoms with E-state index < -0.39 is 0 Å². The molecule has 2 aromatic heterocycles. The van der Waals surface area contributed by atoms with Gasteiger partial charge in [0.15, 0.2) is 16.1 Å². The van der Waals surface area contributed by atoms with Crippen molar-refractivity contribution in [2.24, 2.45) is 0 Å². The minimum atomic E-state index is -0.125. The largest absolute Gasteiger partial charge is 0.302 e. The maximum Gasteiger partial charge on any atom is 0.236 e. The summed E-state index contributed by atoms with van der Waals surface area (Å²) in [6, 6.07) is 7.50.